The van der Waals surface area contributed by atoms with E-state index in [1.165, 1.54) is 35.6 Å². The Bertz CT molecular complexity index is 1070. The highest BCUT2D eigenvalue weighted by Crippen LogP contribution is 2.27. The number of rotatable bonds is 6. The van der Waals surface area contributed by atoms with Crippen molar-refractivity contribution in [1.29, 1.82) is 0 Å². The Morgan fingerprint density at radius 2 is 1.83 bits per heavy atom. The number of oxime groups is 1. The highest BCUT2D eigenvalue weighted by atomic mass is 32.1. The fourth-order valence-electron chi connectivity index (χ4n) is 2.79. The predicted molar refractivity (Wildman–Crippen MR) is 105 cm³/mol. The molecule has 1 atom stereocenters. The first-order chi connectivity index (χ1) is 14.5. The van der Waals surface area contributed by atoms with Crippen LogP contribution in [0.1, 0.15) is 12.0 Å². The smallest absolute Gasteiger partial charge is 0.387 e. The van der Waals surface area contributed by atoms with Gasteiger partial charge in [-0.15, -0.1) is 11.3 Å². The molecule has 154 valence electrons. The van der Waals surface area contributed by atoms with Crippen LogP contribution in [0, 0.1) is 5.82 Å². The van der Waals surface area contributed by atoms with Gasteiger partial charge >= 0.3 is 6.61 Å². The molecule has 2 heterocycles. The molecule has 0 saturated carbocycles. The molecule has 0 spiro atoms. The molecule has 0 fully saturated rings. The molecule has 10 heteroatoms. The van der Waals surface area contributed by atoms with Crippen LogP contribution >= 0.6 is 11.3 Å². The zero-order valence-electron chi connectivity index (χ0n) is 15.2. The lowest BCUT2D eigenvalue weighted by atomic mass is 10.0. The van der Waals surface area contributed by atoms with E-state index in [9.17, 15) is 18.0 Å². The van der Waals surface area contributed by atoms with Gasteiger partial charge in [-0.2, -0.15) is 8.78 Å². The number of nitrogens with zero attached hydrogens (tertiary/aromatic N) is 2. The van der Waals surface area contributed by atoms with Gasteiger partial charge in [0, 0.05) is 17.4 Å². The molecule has 2 aromatic carbocycles. The van der Waals surface area contributed by atoms with Crippen LogP contribution in [0.2, 0.25) is 0 Å². The molecule has 1 amide bonds. The van der Waals surface area contributed by atoms with E-state index in [-0.39, 0.29) is 18.0 Å². The summed E-state index contributed by atoms with van der Waals surface area (Å²) >= 11 is 1.22. The Balaban J connectivity index is 1.36. The highest BCUT2D eigenvalue weighted by Gasteiger charge is 2.29. The van der Waals surface area contributed by atoms with E-state index in [1.54, 1.807) is 29.6 Å². The summed E-state index contributed by atoms with van der Waals surface area (Å²) in [5.74, 6) is -0.714. The first kappa shape index (κ1) is 19.9. The minimum atomic E-state index is -2.89. The fourth-order valence-corrected chi connectivity index (χ4v) is 3.51. The number of carbonyl (C=O) groups excluding carboxylic acids is 1. The van der Waals surface area contributed by atoms with Crippen molar-refractivity contribution in [2.45, 2.75) is 19.1 Å². The van der Waals surface area contributed by atoms with Gasteiger partial charge in [0.25, 0.3) is 5.91 Å². The Hall–Kier alpha value is -3.40. The Morgan fingerprint density at radius 1 is 1.13 bits per heavy atom. The summed E-state index contributed by atoms with van der Waals surface area (Å²) in [6.45, 7) is -2.89. The summed E-state index contributed by atoms with van der Waals surface area (Å²) in [6, 6.07) is 11.8. The van der Waals surface area contributed by atoms with Crippen LogP contribution in [0.5, 0.6) is 5.75 Å². The number of thiazole rings is 1. The first-order valence-corrected chi connectivity index (χ1v) is 9.66. The Kier molecular flexibility index (Phi) is 5.66. The third kappa shape index (κ3) is 4.60. The SMILES string of the molecule is O=C(Nc1nc(-c2ccc(OC(F)F)cc2)cs1)C1CC(c2ccc(F)cc2)=NO1. The predicted octanol–water partition coefficient (Wildman–Crippen LogP) is 4.68. The zero-order valence-corrected chi connectivity index (χ0v) is 16.0. The number of benzene rings is 2. The van der Waals surface area contributed by atoms with Crippen molar-refractivity contribution in [1.82, 2.24) is 4.98 Å². The van der Waals surface area contributed by atoms with Crippen molar-refractivity contribution in [3.63, 3.8) is 0 Å². The van der Waals surface area contributed by atoms with Crippen molar-refractivity contribution in [3.8, 4) is 17.0 Å². The van der Waals surface area contributed by atoms with Gasteiger partial charge < -0.3 is 9.57 Å². The average Bonchev–Trinajstić information content (AvgIpc) is 3.39. The van der Waals surface area contributed by atoms with Crippen LogP contribution < -0.4 is 10.1 Å². The second kappa shape index (κ2) is 8.54. The maximum absolute atomic E-state index is 13.0. The molecule has 1 N–H and O–H groups in total. The normalized spacial score (nSPS) is 15.6. The summed E-state index contributed by atoms with van der Waals surface area (Å²) in [5, 5.41) is 8.68. The molecule has 6 nitrogen and oxygen atoms in total. The number of hydrogen-bond donors (Lipinski definition) is 1. The minimum absolute atomic E-state index is 0.0489. The molecule has 3 aromatic rings. The average molecular weight is 433 g/mol. The number of alkyl halides is 2. The quantitative estimate of drug-likeness (QED) is 0.613. The van der Waals surface area contributed by atoms with Gasteiger partial charge in [0.1, 0.15) is 11.6 Å². The number of aromatic nitrogens is 1. The maximum atomic E-state index is 13.0. The summed E-state index contributed by atoms with van der Waals surface area (Å²) in [6.07, 6.45) is -0.565. The molecule has 1 unspecified atom stereocenters. The lowest BCUT2D eigenvalue weighted by Gasteiger charge is -2.07. The van der Waals surface area contributed by atoms with Gasteiger partial charge in [-0.05, 0) is 42.0 Å². The number of ether oxygens (including phenoxy) is 1. The van der Waals surface area contributed by atoms with E-state index in [0.717, 1.165) is 0 Å². The standard InChI is InChI=1S/C20H14F3N3O3S/c21-13-5-1-11(2-6-13)15-9-17(29-26-15)18(27)25-20-24-16(10-30-20)12-3-7-14(8-4-12)28-19(22)23/h1-8,10,17,19H,9H2,(H,24,25,27). The van der Waals surface area contributed by atoms with Gasteiger partial charge in [-0.1, -0.05) is 17.3 Å². The molecule has 30 heavy (non-hydrogen) atoms. The second-order valence-corrected chi connectivity index (χ2v) is 7.13. The third-order valence-electron chi connectivity index (χ3n) is 4.25. The molecule has 0 aliphatic carbocycles. The largest absolute Gasteiger partial charge is 0.435 e. The van der Waals surface area contributed by atoms with Gasteiger partial charge in [0.15, 0.2) is 5.13 Å². The van der Waals surface area contributed by atoms with Crippen molar-refractivity contribution >= 4 is 28.1 Å². The summed E-state index contributed by atoms with van der Waals surface area (Å²) in [5.41, 5.74) is 2.51. The van der Waals surface area contributed by atoms with Crippen LogP contribution in [0.4, 0.5) is 18.3 Å². The van der Waals surface area contributed by atoms with E-state index < -0.39 is 18.6 Å². The van der Waals surface area contributed by atoms with Crippen LogP contribution in [-0.2, 0) is 9.63 Å². The molecule has 1 aliphatic heterocycles. The van der Waals surface area contributed by atoms with E-state index in [0.29, 0.717) is 27.7 Å². The van der Waals surface area contributed by atoms with Gasteiger partial charge in [-0.3, -0.25) is 10.1 Å². The lowest BCUT2D eigenvalue weighted by Crippen LogP contribution is -2.28. The molecule has 4 rings (SSSR count). The molecular formula is C20H14F3N3O3S. The van der Waals surface area contributed by atoms with Crippen molar-refractivity contribution < 1.29 is 27.5 Å². The van der Waals surface area contributed by atoms with Crippen LogP contribution in [0.25, 0.3) is 11.3 Å². The van der Waals surface area contributed by atoms with Gasteiger partial charge in [-0.25, -0.2) is 9.37 Å². The number of nitrogens with one attached hydrogen (secondary N) is 1. The summed E-state index contributed by atoms with van der Waals surface area (Å²) < 4.78 is 41.8. The number of halogens is 3. The first-order valence-electron chi connectivity index (χ1n) is 8.78. The van der Waals surface area contributed by atoms with Crippen LogP contribution in [0.15, 0.2) is 59.1 Å². The fraction of sp³-hybridized carbons (Fsp3) is 0.150. The van der Waals surface area contributed by atoms with E-state index in [4.69, 9.17) is 4.84 Å². The van der Waals surface area contributed by atoms with Crippen molar-refractivity contribution in [3.05, 3.63) is 65.3 Å². The van der Waals surface area contributed by atoms with Crippen molar-refractivity contribution in [2.24, 2.45) is 5.16 Å². The number of hydrogen-bond acceptors (Lipinski definition) is 6. The molecule has 0 saturated heterocycles. The monoisotopic (exact) mass is 433 g/mol. The summed E-state index contributed by atoms with van der Waals surface area (Å²) in [4.78, 5) is 22.0. The second-order valence-electron chi connectivity index (χ2n) is 6.27. The molecule has 1 aromatic heterocycles. The number of carbonyl (C=O) groups is 1. The molecule has 1 aliphatic rings. The highest BCUT2D eigenvalue weighted by molar-refractivity contribution is 7.14. The molecular weight excluding hydrogens is 419 g/mol. The maximum Gasteiger partial charge on any atom is 0.387 e. The van der Waals surface area contributed by atoms with Crippen molar-refractivity contribution in [2.75, 3.05) is 5.32 Å². The topological polar surface area (TPSA) is 72.8 Å². The van der Waals surface area contributed by atoms with Crippen LogP contribution in [0.3, 0.4) is 0 Å². The molecule has 0 radical (unpaired) electrons. The minimum Gasteiger partial charge on any atom is -0.435 e. The Labute approximate surface area is 173 Å². The van der Waals surface area contributed by atoms with E-state index >= 15 is 0 Å². The molecule has 0 bridgehead atoms. The number of anilines is 1. The lowest BCUT2D eigenvalue weighted by molar-refractivity contribution is -0.125. The van der Waals surface area contributed by atoms with Gasteiger partial charge in [0.2, 0.25) is 6.10 Å². The van der Waals surface area contributed by atoms with E-state index in [1.807, 2.05) is 0 Å². The van der Waals surface area contributed by atoms with E-state index in [2.05, 4.69) is 20.2 Å². The Morgan fingerprint density at radius 3 is 2.53 bits per heavy atom. The zero-order chi connectivity index (χ0) is 21.1. The van der Waals surface area contributed by atoms with Gasteiger partial charge in [0.05, 0.1) is 11.4 Å². The number of amides is 1. The van der Waals surface area contributed by atoms with Crippen LogP contribution in [-0.4, -0.2) is 29.3 Å². The summed E-state index contributed by atoms with van der Waals surface area (Å²) in [7, 11) is 0. The third-order valence-corrected chi connectivity index (χ3v) is 5.01.